The molecule has 0 aliphatic heterocycles. The van der Waals surface area contributed by atoms with Crippen LogP contribution in [0.25, 0.3) is 0 Å². The molecule has 0 spiro atoms. The molecular formula is C15H32NO7P. The molecule has 0 aromatic carbocycles. The van der Waals surface area contributed by atoms with Gasteiger partial charge in [0.1, 0.15) is 12.7 Å². The Morgan fingerprint density at radius 2 is 1.71 bits per heavy atom. The highest BCUT2D eigenvalue weighted by atomic mass is 31.2. The molecule has 2 unspecified atom stereocenters. The van der Waals surface area contributed by atoms with Crippen LogP contribution in [0.2, 0.25) is 0 Å². The van der Waals surface area contributed by atoms with E-state index in [9.17, 15) is 19.4 Å². The van der Waals surface area contributed by atoms with Crippen molar-refractivity contribution in [1.82, 2.24) is 0 Å². The van der Waals surface area contributed by atoms with Gasteiger partial charge in [0.25, 0.3) is 0 Å². The lowest BCUT2D eigenvalue weighted by Crippen LogP contribution is -2.23. The minimum absolute atomic E-state index is 0.0761. The molecule has 9 heteroatoms. The maximum atomic E-state index is 11.5. The van der Waals surface area contributed by atoms with E-state index in [-0.39, 0.29) is 19.8 Å². The second kappa shape index (κ2) is 14.8. The third-order valence-electron chi connectivity index (χ3n) is 3.22. The predicted octanol–water partition coefficient (Wildman–Crippen LogP) is 2.12. The summed E-state index contributed by atoms with van der Waals surface area (Å²) in [5.74, 6) is -0.394. The van der Waals surface area contributed by atoms with E-state index in [1.807, 2.05) is 0 Å². The van der Waals surface area contributed by atoms with Crippen LogP contribution < -0.4 is 5.73 Å². The second-order valence-corrected chi connectivity index (χ2v) is 7.05. The average Bonchev–Trinajstić information content (AvgIpc) is 2.55. The molecular weight excluding hydrogens is 337 g/mol. The molecule has 24 heavy (non-hydrogen) atoms. The first-order valence-corrected chi connectivity index (χ1v) is 10.1. The van der Waals surface area contributed by atoms with Crippen molar-refractivity contribution < 1.29 is 33.1 Å². The van der Waals surface area contributed by atoms with E-state index in [0.717, 1.165) is 19.3 Å². The summed E-state index contributed by atoms with van der Waals surface area (Å²) < 4.78 is 25.3. The minimum atomic E-state index is -4.22. The zero-order valence-corrected chi connectivity index (χ0v) is 15.4. The normalized spacial score (nSPS) is 15.0. The fraction of sp³-hybridized carbons (Fsp3) is 0.933. The molecule has 144 valence electrons. The van der Waals surface area contributed by atoms with Gasteiger partial charge in [-0.15, -0.1) is 0 Å². The van der Waals surface area contributed by atoms with Crippen molar-refractivity contribution in [3.63, 3.8) is 0 Å². The number of carbonyl (C=O) groups excluding carboxylic acids is 1. The van der Waals surface area contributed by atoms with Crippen LogP contribution in [0.4, 0.5) is 0 Å². The van der Waals surface area contributed by atoms with Gasteiger partial charge in [0.2, 0.25) is 0 Å². The minimum Gasteiger partial charge on any atom is -0.463 e. The van der Waals surface area contributed by atoms with Gasteiger partial charge in [0, 0.05) is 13.0 Å². The lowest BCUT2D eigenvalue weighted by molar-refractivity contribution is -0.147. The lowest BCUT2D eigenvalue weighted by Gasteiger charge is -2.15. The number of aliphatic hydroxyl groups is 1. The van der Waals surface area contributed by atoms with Gasteiger partial charge >= 0.3 is 13.8 Å². The van der Waals surface area contributed by atoms with Gasteiger partial charge in [0.15, 0.2) is 0 Å². The van der Waals surface area contributed by atoms with Crippen LogP contribution in [0, 0.1) is 0 Å². The number of rotatable bonds is 16. The number of unbranched alkanes of at least 4 members (excludes halogenated alkanes) is 6. The summed E-state index contributed by atoms with van der Waals surface area (Å²) in [6.45, 7) is 1.36. The smallest absolute Gasteiger partial charge is 0.463 e. The second-order valence-electron chi connectivity index (χ2n) is 5.59. The van der Waals surface area contributed by atoms with Crippen LogP contribution in [0.15, 0.2) is 0 Å². The molecule has 0 aromatic rings. The number of phosphoric acid groups is 1. The lowest BCUT2D eigenvalue weighted by atomic mass is 10.1. The number of hydrogen-bond donors (Lipinski definition) is 3. The predicted molar refractivity (Wildman–Crippen MR) is 90.4 cm³/mol. The number of ether oxygens (including phenoxy) is 1. The number of aliphatic hydroxyl groups excluding tert-OH is 1. The fourth-order valence-electron chi connectivity index (χ4n) is 1.92. The maximum Gasteiger partial charge on any atom is 0.472 e. The van der Waals surface area contributed by atoms with Gasteiger partial charge in [-0.25, -0.2) is 4.57 Å². The van der Waals surface area contributed by atoms with E-state index < -0.39 is 26.5 Å². The molecule has 0 heterocycles. The quantitative estimate of drug-likeness (QED) is 0.214. The van der Waals surface area contributed by atoms with Gasteiger partial charge in [-0.2, -0.15) is 0 Å². The third kappa shape index (κ3) is 15.1. The zero-order chi connectivity index (χ0) is 18.3. The standard InChI is InChI=1S/C15H32NO7P/c1-2-3-4-5-6-7-8-9-15(18)21-12-14(17)13-23-24(19,20)22-11-10-16/h14,17H,2-13,16H2,1H3,(H,19,20). The first-order chi connectivity index (χ1) is 11.4. The van der Waals surface area contributed by atoms with Crippen molar-refractivity contribution in [2.24, 2.45) is 5.73 Å². The van der Waals surface area contributed by atoms with Crippen molar-refractivity contribution >= 4 is 13.8 Å². The first kappa shape index (κ1) is 23.5. The highest BCUT2D eigenvalue weighted by Gasteiger charge is 2.22. The van der Waals surface area contributed by atoms with Crippen molar-refractivity contribution in [3.8, 4) is 0 Å². The van der Waals surface area contributed by atoms with Gasteiger partial charge in [0.05, 0.1) is 13.2 Å². The molecule has 0 aliphatic rings. The topological polar surface area (TPSA) is 128 Å². The SMILES string of the molecule is CCCCCCCCCC(=O)OCC(O)COP(=O)(O)OCCN. The highest BCUT2D eigenvalue weighted by Crippen LogP contribution is 2.42. The third-order valence-corrected chi connectivity index (χ3v) is 4.21. The van der Waals surface area contributed by atoms with Crippen LogP contribution in [-0.2, 0) is 23.1 Å². The number of hydrogen-bond acceptors (Lipinski definition) is 7. The maximum absolute atomic E-state index is 11.5. The molecule has 0 aliphatic carbocycles. The summed E-state index contributed by atoms with van der Waals surface area (Å²) in [6, 6.07) is 0. The Balaban J connectivity index is 3.62. The Bertz CT molecular complexity index is 368. The summed E-state index contributed by atoms with van der Waals surface area (Å²) >= 11 is 0. The molecule has 0 radical (unpaired) electrons. The molecule has 8 nitrogen and oxygen atoms in total. The first-order valence-electron chi connectivity index (χ1n) is 8.57. The summed E-state index contributed by atoms with van der Waals surface area (Å²) in [4.78, 5) is 20.7. The Hall–Kier alpha value is -0.500. The van der Waals surface area contributed by atoms with E-state index in [4.69, 9.17) is 10.5 Å². The molecule has 0 fully saturated rings. The van der Waals surface area contributed by atoms with Crippen molar-refractivity contribution in [2.75, 3.05) is 26.4 Å². The van der Waals surface area contributed by atoms with Crippen LogP contribution in [0.1, 0.15) is 58.3 Å². The number of esters is 1. The van der Waals surface area contributed by atoms with Crippen molar-refractivity contribution in [3.05, 3.63) is 0 Å². The molecule has 0 bridgehead atoms. The summed E-state index contributed by atoms with van der Waals surface area (Å²) in [5.41, 5.74) is 5.13. The largest absolute Gasteiger partial charge is 0.472 e. The van der Waals surface area contributed by atoms with Crippen LogP contribution in [0.5, 0.6) is 0 Å². The molecule has 0 amide bonds. The van der Waals surface area contributed by atoms with Gasteiger partial charge in [-0.1, -0.05) is 45.4 Å². The van der Waals surface area contributed by atoms with E-state index in [0.29, 0.717) is 6.42 Å². The average molecular weight is 369 g/mol. The Morgan fingerprint density at radius 1 is 1.08 bits per heavy atom. The Morgan fingerprint density at radius 3 is 2.33 bits per heavy atom. The van der Waals surface area contributed by atoms with Crippen LogP contribution in [0.3, 0.4) is 0 Å². The molecule has 0 aromatic heterocycles. The molecule has 0 saturated carbocycles. The monoisotopic (exact) mass is 369 g/mol. The van der Waals surface area contributed by atoms with E-state index in [2.05, 4.69) is 16.0 Å². The molecule has 4 N–H and O–H groups in total. The Kier molecular flexibility index (Phi) is 14.5. The highest BCUT2D eigenvalue weighted by molar-refractivity contribution is 7.47. The number of carbonyl (C=O) groups is 1. The molecule has 0 rings (SSSR count). The number of phosphoric ester groups is 1. The molecule has 0 saturated heterocycles. The van der Waals surface area contributed by atoms with Gasteiger partial charge in [-0.05, 0) is 6.42 Å². The summed E-state index contributed by atoms with van der Waals surface area (Å²) in [7, 11) is -4.22. The fourth-order valence-corrected chi connectivity index (χ4v) is 2.69. The zero-order valence-electron chi connectivity index (χ0n) is 14.5. The van der Waals surface area contributed by atoms with E-state index in [1.165, 1.54) is 25.7 Å². The summed E-state index contributed by atoms with van der Waals surface area (Å²) in [6.07, 6.45) is 6.85. The Labute approximate surface area is 144 Å². The van der Waals surface area contributed by atoms with Gasteiger partial charge < -0.3 is 20.5 Å². The summed E-state index contributed by atoms with van der Waals surface area (Å²) in [5, 5.41) is 9.56. The van der Waals surface area contributed by atoms with Crippen molar-refractivity contribution in [2.45, 2.75) is 64.4 Å². The van der Waals surface area contributed by atoms with E-state index >= 15 is 0 Å². The van der Waals surface area contributed by atoms with Crippen molar-refractivity contribution in [1.29, 1.82) is 0 Å². The molecule has 2 atom stereocenters. The van der Waals surface area contributed by atoms with Gasteiger partial charge in [-0.3, -0.25) is 13.8 Å². The van der Waals surface area contributed by atoms with Crippen LogP contribution >= 0.6 is 7.82 Å². The van der Waals surface area contributed by atoms with Crippen LogP contribution in [-0.4, -0.2) is 48.4 Å². The number of nitrogens with two attached hydrogens (primary N) is 1. The van der Waals surface area contributed by atoms with E-state index in [1.54, 1.807) is 0 Å².